The molecule has 0 aromatic heterocycles. The molecule has 0 unspecified atom stereocenters. The van der Waals surface area contributed by atoms with Crippen molar-refractivity contribution < 1.29 is 9.84 Å². The Morgan fingerprint density at radius 3 is 2.53 bits per heavy atom. The van der Waals surface area contributed by atoms with Crippen molar-refractivity contribution in [3.63, 3.8) is 0 Å². The van der Waals surface area contributed by atoms with Crippen LogP contribution in [0, 0.1) is 23.7 Å². The Morgan fingerprint density at radius 2 is 1.84 bits per heavy atom. The third-order valence-electron chi connectivity index (χ3n) is 4.98. The van der Waals surface area contributed by atoms with Gasteiger partial charge in [0.2, 0.25) is 0 Å². The maximum atomic E-state index is 9.42. The summed E-state index contributed by atoms with van der Waals surface area (Å²) in [7, 11) is 0. The molecule has 5 atom stereocenters. The van der Waals surface area contributed by atoms with E-state index in [1.165, 1.54) is 11.1 Å². The van der Waals surface area contributed by atoms with Gasteiger partial charge in [0, 0.05) is 5.92 Å². The van der Waals surface area contributed by atoms with E-state index in [0.29, 0.717) is 29.4 Å². The van der Waals surface area contributed by atoms with Crippen LogP contribution in [-0.4, -0.2) is 11.7 Å². The van der Waals surface area contributed by atoms with E-state index in [9.17, 15) is 5.11 Å². The summed E-state index contributed by atoms with van der Waals surface area (Å²) in [4.78, 5) is 0. The summed E-state index contributed by atoms with van der Waals surface area (Å²) in [5, 5.41) is 9.42. The number of aromatic hydroxyl groups is 1. The summed E-state index contributed by atoms with van der Waals surface area (Å²) in [6.45, 7) is 7.73. The monoisotopic (exact) mass is 258 g/mol. The number of phenolic OH excluding ortho intramolecular Hbond substituents is 1. The van der Waals surface area contributed by atoms with Gasteiger partial charge in [0.05, 0.1) is 12.7 Å². The summed E-state index contributed by atoms with van der Waals surface area (Å²) in [6.07, 6.45) is 2.56. The van der Waals surface area contributed by atoms with E-state index in [4.69, 9.17) is 4.74 Å². The Labute approximate surface area is 115 Å². The van der Waals surface area contributed by atoms with E-state index < -0.39 is 0 Å². The number of ether oxygens (including phenoxy) is 1. The standard InChI is InChI=1S/C17H22O2/c1-10-8-11(2)16-12(3)15(10)9-19-17(16)13-4-6-14(18)7-5-13/h4-8,10,12,15-18H,9H2,1-3H3/t10-,12+,15+,16-,17-/m0/s1. The highest BCUT2D eigenvalue weighted by molar-refractivity contribution is 5.30. The lowest BCUT2D eigenvalue weighted by Gasteiger charge is -2.47. The molecule has 1 heterocycles. The number of allylic oxidation sites excluding steroid dienone is 1. The number of fused-ring (bicyclic) bond motifs is 2. The van der Waals surface area contributed by atoms with Crippen LogP contribution in [0.2, 0.25) is 0 Å². The SMILES string of the molecule is CC1=C[C@H](C)[C@H]2CO[C@@H](c3ccc(O)cc3)[C@@H]1[C@@H]2C. The van der Waals surface area contributed by atoms with E-state index in [1.807, 2.05) is 12.1 Å². The Morgan fingerprint density at radius 1 is 1.16 bits per heavy atom. The van der Waals surface area contributed by atoms with Gasteiger partial charge in [-0.1, -0.05) is 37.6 Å². The molecule has 1 N–H and O–H groups in total. The van der Waals surface area contributed by atoms with Gasteiger partial charge < -0.3 is 9.84 Å². The lowest BCUT2D eigenvalue weighted by atomic mass is 9.64. The van der Waals surface area contributed by atoms with Gasteiger partial charge in [-0.15, -0.1) is 0 Å². The highest BCUT2D eigenvalue weighted by atomic mass is 16.5. The van der Waals surface area contributed by atoms with E-state index >= 15 is 0 Å². The van der Waals surface area contributed by atoms with Crippen LogP contribution in [0.3, 0.4) is 0 Å². The van der Waals surface area contributed by atoms with Gasteiger partial charge in [0.25, 0.3) is 0 Å². The van der Waals surface area contributed by atoms with Crippen molar-refractivity contribution in [3.05, 3.63) is 41.5 Å². The zero-order chi connectivity index (χ0) is 13.6. The van der Waals surface area contributed by atoms with Crippen LogP contribution in [0.15, 0.2) is 35.9 Å². The molecule has 2 nitrogen and oxygen atoms in total. The lowest BCUT2D eigenvalue weighted by Crippen LogP contribution is -2.42. The summed E-state index contributed by atoms with van der Waals surface area (Å²) >= 11 is 0. The quantitative estimate of drug-likeness (QED) is 0.773. The Bertz CT molecular complexity index is 488. The average molecular weight is 258 g/mol. The van der Waals surface area contributed by atoms with Crippen molar-refractivity contribution in [2.75, 3.05) is 6.61 Å². The average Bonchev–Trinajstić information content (AvgIpc) is 2.37. The van der Waals surface area contributed by atoms with Crippen molar-refractivity contribution in [1.29, 1.82) is 0 Å². The van der Waals surface area contributed by atoms with E-state index in [1.54, 1.807) is 12.1 Å². The predicted molar refractivity (Wildman–Crippen MR) is 75.9 cm³/mol. The smallest absolute Gasteiger partial charge is 0.115 e. The minimum Gasteiger partial charge on any atom is -0.508 e. The highest BCUT2D eigenvalue weighted by Gasteiger charge is 2.43. The van der Waals surface area contributed by atoms with Crippen LogP contribution in [-0.2, 0) is 4.74 Å². The minimum absolute atomic E-state index is 0.135. The predicted octanol–water partition coefficient (Wildman–Crippen LogP) is 3.93. The fourth-order valence-electron chi connectivity index (χ4n) is 3.91. The molecule has 1 aliphatic carbocycles. The molecular formula is C17H22O2. The maximum Gasteiger partial charge on any atom is 0.115 e. The lowest BCUT2D eigenvalue weighted by molar-refractivity contribution is -0.0934. The van der Waals surface area contributed by atoms with E-state index in [0.717, 1.165) is 6.61 Å². The maximum absolute atomic E-state index is 9.42. The molecule has 1 fully saturated rings. The summed E-state index contributed by atoms with van der Waals surface area (Å²) < 4.78 is 6.16. The van der Waals surface area contributed by atoms with Gasteiger partial charge in [-0.05, 0) is 42.4 Å². The molecule has 0 radical (unpaired) electrons. The van der Waals surface area contributed by atoms with E-state index in [2.05, 4.69) is 26.8 Å². The molecule has 2 heteroatoms. The van der Waals surface area contributed by atoms with Crippen LogP contribution in [0.1, 0.15) is 32.4 Å². The third kappa shape index (κ3) is 2.08. The molecule has 1 aliphatic heterocycles. The molecule has 102 valence electrons. The summed E-state index contributed by atoms with van der Waals surface area (Å²) in [6, 6.07) is 7.47. The molecule has 2 bridgehead atoms. The molecule has 0 amide bonds. The fraction of sp³-hybridized carbons (Fsp3) is 0.529. The first-order valence-electron chi connectivity index (χ1n) is 7.16. The largest absolute Gasteiger partial charge is 0.508 e. The molecule has 1 aromatic carbocycles. The first-order valence-corrected chi connectivity index (χ1v) is 7.16. The van der Waals surface area contributed by atoms with E-state index in [-0.39, 0.29) is 6.10 Å². The Kier molecular flexibility index (Phi) is 3.14. The summed E-state index contributed by atoms with van der Waals surface area (Å²) in [5.41, 5.74) is 2.63. The Balaban J connectivity index is 1.96. The number of hydrogen-bond acceptors (Lipinski definition) is 2. The van der Waals surface area contributed by atoms with Gasteiger partial charge in [-0.25, -0.2) is 0 Å². The van der Waals surface area contributed by atoms with Crippen LogP contribution in [0.25, 0.3) is 0 Å². The number of hydrogen-bond donors (Lipinski definition) is 1. The third-order valence-corrected chi connectivity index (χ3v) is 4.98. The molecule has 19 heavy (non-hydrogen) atoms. The second-order valence-corrected chi connectivity index (χ2v) is 6.16. The number of benzene rings is 1. The molecule has 1 aromatic rings. The van der Waals surface area contributed by atoms with Crippen LogP contribution in [0.4, 0.5) is 0 Å². The number of phenols is 1. The zero-order valence-electron chi connectivity index (χ0n) is 11.8. The van der Waals surface area contributed by atoms with Gasteiger partial charge in [-0.2, -0.15) is 0 Å². The molecule has 2 aliphatic rings. The van der Waals surface area contributed by atoms with Crippen molar-refractivity contribution >= 4 is 0 Å². The minimum atomic E-state index is 0.135. The first kappa shape index (κ1) is 12.7. The van der Waals surface area contributed by atoms with Crippen molar-refractivity contribution in [3.8, 4) is 5.75 Å². The van der Waals surface area contributed by atoms with Gasteiger partial charge in [-0.3, -0.25) is 0 Å². The molecule has 3 rings (SSSR count). The fourth-order valence-corrected chi connectivity index (χ4v) is 3.91. The molecule has 1 saturated heterocycles. The topological polar surface area (TPSA) is 29.5 Å². The normalized spacial score (nSPS) is 37.8. The summed E-state index contributed by atoms with van der Waals surface area (Å²) in [5.74, 6) is 2.70. The van der Waals surface area contributed by atoms with Crippen molar-refractivity contribution in [2.24, 2.45) is 23.7 Å². The van der Waals surface area contributed by atoms with Gasteiger partial charge >= 0.3 is 0 Å². The van der Waals surface area contributed by atoms with Crippen LogP contribution in [0.5, 0.6) is 5.75 Å². The van der Waals surface area contributed by atoms with Crippen LogP contribution >= 0.6 is 0 Å². The highest BCUT2D eigenvalue weighted by Crippen LogP contribution is 2.49. The number of rotatable bonds is 1. The van der Waals surface area contributed by atoms with Gasteiger partial charge in [0.15, 0.2) is 0 Å². The van der Waals surface area contributed by atoms with Gasteiger partial charge in [0.1, 0.15) is 5.75 Å². The molecule has 0 spiro atoms. The van der Waals surface area contributed by atoms with Crippen molar-refractivity contribution in [2.45, 2.75) is 26.9 Å². The van der Waals surface area contributed by atoms with Crippen LogP contribution < -0.4 is 0 Å². The Hall–Kier alpha value is -1.28. The second-order valence-electron chi connectivity index (χ2n) is 6.16. The van der Waals surface area contributed by atoms with Crippen molar-refractivity contribution in [1.82, 2.24) is 0 Å². The molecular weight excluding hydrogens is 236 g/mol. The molecule has 0 saturated carbocycles. The zero-order valence-corrected chi connectivity index (χ0v) is 11.8. The first-order chi connectivity index (χ1) is 9.08. The second kappa shape index (κ2) is 4.68.